The zero-order chi connectivity index (χ0) is 15.2. The SMILES string of the molecule is OCCN1c2ccccc2CCC1CNCc1ccccc1. The summed E-state index contributed by atoms with van der Waals surface area (Å²) in [4.78, 5) is 2.36. The van der Waals surface area contributed by atoms with Crippen molar-refractivity contribution in [3.8, 4) is 0 Å². The lowest BCUT2D eigenvalue weighted by Gasteiger charge is -2.39. The van der Waals surface area contributed by atoms with Crippen LogP contribution in [0.3, 0.4) is 0 Å². The summed E-state index contributed by atoms with van der Waals surface area (Å²) in [5.41, 5.74) is 4.00. The van der Waals surface area contributed by atoms with Gasteiger partial charge in [0.15, 0.2) is 0 Å². The first kappa shape index (κ1) is 15.1. The van der Waals surface area contributed by atoms with Gasteiger partial charge >= 0.3 is 0 Å². The number of hydrogen-bond acceptors (Lipinski definition) is 3. The molecule has 0 aliphatic carbocycles. The van der Waals surface area contributed by atoms with E-state index in [1.54, 1.807) is 0 Å². The van der Waals surface area contributed by atoms with Crippen molar-refractivity contribution < 1.29 is 5.11 Å². The Morgan fingerprint density at radius 1 is 1.05 bits per heavy atom. The number of β-amino-alcohol motifs (C(OH)–C–C–N with tert-alkyl or cyclic N) is 1. The molecule has 2 aromatic carbocycles. The van der Waals surface area contributed by atoms with Crippen LogP contribution in [-0.4, -0.2) is 30.8 Å². The number of para-hydroxylation sites is 1. The third-order valence-corrected chi connectivity index (χ3v) is 4.38. The summed E-state index contributed by atoms with van der Waals surface area (Å²) in [5.74, 6) is 0. The number of benzene rings is 2. The zero-order valence-corrected chi connectivity index (χ0v) is 12.9. The Morgan fingerprint density at radius 3 is 2.64 bits per heavy atom. The number of nitrogens with zero attached hydrogens (tertiary/aromatic N) is 1. The lowest BCUT2D eigenvalue weighted by molar-refractivity contribution is 0.293. The van der Waals surface area contributed by atoms with Crippen LogP contribution in [0.4, 0.5) is 5.69 Å². The second kappa shape index (κ2) is 7.43. The van der Waals surface area contributed by atoms with Crippen LogP contribution in [0.2, 0.25) is 0 Å². The second-order valence-electron chi connectivity index (χ2n) is 5.85. The Morgan fingerprint density at radius 2 is 1.82 bits per heavy atom. The van der Waals surface area contributed by atoms with Gasteiger partial charge in [0.25, 0.3) is 0 Å². The third-order valence-electron chi connectivity index (χ3n) is 4.38. The first-order chi connectivity index (χ1) is 10.9. The van der Waals surface area contributed by atoms with E-state index in [0.29, 0.717) is 12.6 Å². The Bertz CT molecular complexity index is 585. The maximum atomic E-state index is 9.40. The topological polar surface area (TPSA) is 35.5 Å². The van der Waals surface area contributed by atoms with E-state index in [2.05, 4.69) is 58.7 Å². The molecule has 116 valence electrons. The Balaban J connectivity index is 1.63. The molecule has 22 heavy (non-hydrogen) atoms. The highest BCUT2D eigenvalue weighted by Crippen LogP contribution is 2.29. The molecule has 1 atom stereocenters. The molecule has 0 aromatic heterocycles. The molecular formula is C19H24N2O. The summed E-state index contributed by atoms with van der Waals surface area (Å²) in [6.07, 6.45) is 2.26. The minimum atomic E-state index is 0.198. The zero-order valence-electron chi connectivity index (χ0n) is 12.9. The largest absolute Gasteiger partial charge is 0.395 e. The fourth-order valence-electron chi connectivity index (χ4n) is 3.28. The number of aliphatic hydroxyl groups excluding tert-OH is 1. The molecule has 2 N–H and O–H groups in total. The van der Waals surface area contributed by atoms with Gasteiger partial charge in [0.1, 0.15) is 0 Å². The van der Waals surface area contributed by atoms with E-state index >= 15 is 0 Å². The molecule has 0 bridgehead atoms. The first-order valence-electron chi connectivity index (χ1n) is 8.08. The van der Waals surface area contributed by atoms with Crippen LogP contribution in [0.5, 0.6) is 0 Å². The molecule has 3 rings (SSSR count). The predicted molar refractivity (Wildman–Crippen MR) is 91.1 cm³/mol. The van der Waals surface area contributed by atoms with E-state index in [0.717, 1.165) is 25.9 Å². The van der Waals surface area contributed by atoms with E-state index < -0.39 is 0 Å². The number of aliphatic hydroxyl groups is 1. The van der Waals surface area contributed by atoms with Gasteiger partial charge < -0.3 is 15.3 Å². The van der Waals surface area contributed by atoms with Crippen molar-refractivity contribution in [1.82, 2.24) is 5.32 Å². The van der Waals surface area contributed by atoms with Gasteiger partial charge in [0, 0.05) is 31.4 Å². The molecular weight excluding hydrogens is 272 g/mol. The molecule has 1 aliphatic rings. The van der Waals surface area contributed by atoms with E-state index in [-0.39, 0.29) is 6.61 Å². The van der Waals surface area contributed by atoms with Crippen LogP contribution in [0.15, 0.2) is 54.6 Å². The molecule has 2 aromatic rings. The van der Waals surface area contributed by atoms with Gasteiger partial charge in [-0.3, -0.25) is 0 Å². The maximum absolute atomic E-state index is 9.40. The monoisotopic (exact) mass is 296 g/mol. The first-order valence-corrected chi connectivity index (χ1v) is 8.08. The molecule has 1 unspecified atom stereocenters. The summed E-state index contributed by atoms with van der Waals surface area (Å²) < 4.78 is 0. The van der Waals surface area contributed by atoms with Crippen molar-refractivity contribution in [3.63, 3.8) is 0 Å². The van der Waals surface area contributed by atoms with Gasteiger partial charge in [-0.05, 0) is 30.0 Å². The Labute approximate surface area is 132 Å². The highest BCUT2D eigenvalue weighted by Gasteiger charge is 2.25. The summed E-state index contributed by atoms with van der Waals surface area (Å²) in [5, 5.41) is 13.0. The number of hydrogen-bond donors (Lipinski definition) is 2. The summed E-state index contributed by atoms with van der Waals surface area (Å²) in [6, 6.07) is 19.5. The van der Waals surface area contributed by atoms with Crippen molar-refractivity contribution in [1.29, 1.82) is 0 Å². The average molecular weight is 296 g/mol. The van der Waals surface area contributed by atoms with Crippen LogP contribution in [0.25, 0.3) is 0 Å². The van der Waals surface area contributed by atoms with Crippen LogP contribution in [0, 0.1) is 0 Å². The van der Waals surface area contributed by atoms with E-state index in [4.69, 9.17) is 0 Å². The van der Waals surface area contributed by atoms with Gasteiger partial charge in [0.2, 0.25) is 0 Å². The van der Waals surface area contributed by atoms with E-state index in [9.17, 15) is 5.11 Å². The van der Waals surface area contributed by atoms with Crippen LogP contribution in [0.1, 0.15) is 17.5 Å². The molecule has 0 radical (unpaired) electrons. The fraction of sp³-hybridized carbons (Fsp3) is 0.368. The molecule has 1 aliphatic heterocycles. The molecule has 3 heteroatoms. The van der Waals surface area contributed by atoms with Gasteiger partial charge in [-0.1, -0.05) is 48.5 Å². The Hall–Kier alpha value is -1.84. The smallest absolute Gasteiger partial charge is 0.0606 e. The van der Waals surface area contributed by atoms with Gasteiger partial charge in [-0.25, -0.2) is 0 Å². The molecule has 3 nitrogen and oxygen atoms in total. The fourth-order valence-corrected chi connectivity index (χ4v) is 3.28. The van der Waals surface area contributed by atoms with Gasteiger partial charge in [-0.15, -0.1) is 0 Å². The highest BCUT2D eigenvalue weighted by atomic mass is 16.3. The summed E-state index contributed by atoms with van der Waals surface area (Å²) in [6.45, 7) is 2.74. The number of rotatable bonds is 6. The van der Waals surface area contributed by atoms with Crippen molar-refractivity contribution in [2.75, 3.05) is 24.6 Å². The number of fused-ring (bicyclic) bond motifs is 1. The molecule has 1 heterocycles. The third kappa shape index (κ3) is 3.49. The van der Waals surface area contributed by atoms with Crippen LogP contribution in [-0.2, 0) is 13.0 Å². The van der Waals surface area contributed by atoms with Gasteiger partial charge in [-0.2, -0.15) is 0 Å². The predicted octanol–water partition coefficient (Wildman–Crippen LogP) is 2.59. The summed E-state index contributed by atoms with van der Waals surface area (Å²) >= 11 is 0. The molecule has 0 saturated carbocycles. The van der Waals surface area contributed by atoms with E-state index in [1.165, 1.54) is 16.8 Å². The quantitative estimate of drug-likeness (QED) is 0.860. The summed E-state index contributed by atoms with van der Waals surface area (Å²) in [7, 11) is 0. The minimum absolute atomic E-state index is 0.198. The van der Waals surface area contributed by atoms with Crippen molar-refractivity contribution in [2.45, 2.75) is 25.4 Å². The van der Waals surface area contributed by atoms with Crippen molar-refractivity contribution >= 4 is 5.69 Å². The maximum Gasteiger partial charge on any atom is 0.0606 e. The molecule has 0 spiro atoms. The average Bonchev–Trinajstić information content (AvgIpc) is 2.58. The molecule has 0 fully saturated rings. The van der Waals surface area contributed by atoms with Gasteiger partial charge in [0.05, 0.1) is 6.61 Å². The number of aryl methyl sites for hydroxylation is 1. The van der Waals surface area contributed by atoms with Crippen LogP contribution < -0.4 is 10.2 Å². The molecule has 0 saturated heterocycles. The normalized spacial score (nSPS) is 17.3. The van der Waals surface area contributed by atoms with Crippen molar-refractivity contribution in [2.24, 2.45) is 0 Å². The van der Waals surface area contributed by atoms with Crippen LogP contribution >= 0.6 is 0 Å². The number of nitrogens with one attached hydrogen (secondary N) is 1. The highest BCUT2D eigenvalue weighted by molar-refractivity contribution is 5.56. The minimum Gasteiger partial charge on any atom is -0.395 e. The second-order valence-corrected chi connectivity index (χ2v) is 5.85. The number of anilines is 1. The van der Waals surface area contributed by atoms with Crippen molar-refractivity contribution in [3.05, 3.63) is 65.7 Å². The lowest BCUT2D eigenvalue weighted by atomic mass is 9.95. The molecule has 0 amide bonds. The lowest BCUT2D eigenvalue weighted by Crippen LogP contribution is -2.46. The Kier molecular flexibility index (Phi) is 5.09. The standard InChI is InChI=1S/C19H24N2O/c22-13-12-21-18(11-10-17-8-4-5-9-19(17)21)15-20-14-16-6-2-1-3-7-16/h1-9,18,20,22H,10-15H2. The van der Waals surface area contributed by atoms with E-state index in [1.807, 2.05) is 6.07 Å².